The number of hydrogen-bond acceptors (Lipinski definition) is 3. The van der Waals surface area contributed by atoms with Crippen molar-refractivity contribution in [3.8, 4) is 0 Å². The lowest BCUT2D eigenvalue weighted by Crippen LogP contribution is -2.30. The Kier molecular flexibility index (Phi) is 3.85. The largest absolute Gasteiger partial charge is 0.303 e. The predicted molar refractivity (Wildman–Crippen MR) is 59.3 cm³/mol. The van der Waals surface area contributed by atoms with E-state index in [0.717, 1.165) is 6.26 Å². The van der Waals surface area contributed by atoms with Gasteiger partial charge in [0.25, 0.3) is 0 Å². The van der Waals surface area contributed by atoms with Crippen LogP contribution in [0.25, 0.3) is 0 Å². The molecular weight excluding hydrogens is 214 g/mol. The van der Waals surface area contributed by atoms with Crippen molar-refractivity contribution < 1.29 is 13.2 Å². The molecule has 0 fully saturated rings. The molecule has 82 valence electrons. The van der Waals surface area contributed by atoms with E-state index in [0.29, 0.717) is 12.0 Å². The van der Waals surface area contributed by atoms with Crippen molar-refractivity contribution in [2.24, 2.45) is 0 Å². The first-order valence-electron chi connectivity index (χ1n) is 4.52. The SMILES string of the molecule is CS(=O)(=O)N(CCC=O)c1ccccc1. The number of benzene rings is 1. The zero-order valence-corrected chi connectivity index (χ0v) is 9.28. The molecule has 0 aliphatic rings. The van der Waals surface area contributed by atoms with E-state index >= 15 is 0 Å². The van der Waals surface area contributed by atoms with Gasteiger partial charge in [-0.05, 0) is 12.1 Å². The van der Waals surface area contributed by atoms with E-state index in [1.165, 1.54) is 4.31 Å². The Morgan fingerprint density at radius 3 is 2.33 bits per heavy atom. The molecule has 0 spiro atoms. The topological polar surface area (TPSA) is 54.5 Å². The van der Waals surface area contributed by atoms with Crippen LogP contribution in [0.2, 0.25) is 0 Å². The predicted octanol–water partition coefficient (Wildman–Crippen LogP) is 1.04. The quantitative estimate of drug-likeness (QED) is 0.706. The molecule has 0 aromatic heterocycles. The average Bonchev–Trinajstić information content (AvgIpc) is 2.18. The molecule has 0 radical (unpaired) electrons. The molecule has 0 saturated carbocycles. The summed E-state index contributed by atoms with van der Waals surface area (Å²) in [5, 5.41) is 0. The van der Waals surface area contributed by atoms with Gasteiger partial charge in [-0.15, -0.1) is 0 Å². The van der Waals surface area contributed by atoms with Gasteiger partial charge in [0.15, 0.2) is 0 Å². The van der Waals surface area contributed by atoms with Crippen LogP contribution in [0.1, 0.15) is 6.42 Å². The Labute approximate surface area is 89.6 Å². The van der Waals surface area contributed by atoms with Crippen molar-refractivity contribution in [2.75, 3.05) is 17.1 Å². The first kappa shape index (κ1) is 11.7. The van der Waals surface area contributed by atoms with Gasteiger partial charge in [-0.25, -0.2) is 8.42 Å². The van der Waals surface area contributed by atoms with Gasteiger partial charge in [-0.2, -0.15) is 0 Å². The minimum absolute atomic E-state index is 0.187. The molecule has 0 heterocycles. The van der Waals surface area contributed by atoms with Gasteiger partial charge in [0.2, 0.25) is 10.0 Å². The Bertz CT molecular complexity index is 414. The van der Waals surface area contributed by atoms with Crippen molar-refractivity contribution >= 4 is 22.0 Å². The van der Waals surface area contributed by atoms with Gasteiger partial charge in [-0.1, -0.05) is 18.2 Å². The lowest BCUT2D eigenvalue weighted by Gasteiger charge is -2.21. The summed E-state index contributed by atoms with van der Waals surface area (Å²) in [6.45, 7) is 0.187. The number of hydrogen-bond donors (Lipinski definition) is 0. The highest BCUT2D eigenvalue weighted by molar-refractivity contribution is 7.92. The summed E-state index contributed by atoms with van der Waals surface area (Å²) < 4.78 is 24.1. The summed E-state index contributed by atoms with van der Waals surface area (Å²) in [7, 11) is -3.32. The van der Waals surface area contributed by atoms with Gasteiger partial charge in [-0.3, -0.25) is 4.31 Å². The summed E-state index contributed by atoms with van der Waals surface area (Å²) in [4.78, 5) is 10.2. The summed E-state index contributed by atoms with van der Waals surface area (Å²) in [6, 6.07) is 8.73. The maximum atomic E-state index is 11.4. The van der Waals surface area contributed by atoms with Crippen molar-refractivity contribution in [1.29, 1.82) is 0 Å². The normalized spacial score (nSPS) is 11.0. The van der Waals surface area contributed by atoms with Gasteiger partial charge in [0.05, 0.1) is 11.9 Å². The number of para-hydroxylation sites is 1. The standard InChI is InChI=1S/C10H13NO3S/c1-15(13,14)11(8-5-9-12)10-6-3-2-4-7-10/h2-4,6-7,9H,5,8H2,1H3. The Morgan fingerprint density at radius 1 is 1.27 bits per heavy atom. The smallest absolute Gasteiger partial charge is 0.232 e. The molecule has 1 aromatic rings. The molecule has 0 N–H and O–H groups in total. The molecule has 1 aromatic carbocycles. The second kappa shape index (κ2) is 4.93. The van der Waals surface area contributed by atoms with Crippen molar-refractivity contribution in [3.05, 3.63) is 30.3 Å². The van der Waals surface area contributed by atoms with Crippen LogP contribution >= 0.6 is 0 Å². The third-order valence-corrected chi connectivity index (χ3v) is 3.09. The molecule has 15 heavy (non-hydrogen) atoms. The maximum Gasteiger partial charge on any atom is 0.232 e. The molecule has 0 aliphatic carbocycles. The molecule has 0 unspecified atom stereocenters. The molecule has 5 heteroatoms. The highest BCUT2D eigenvalue weighted by atomic mass is 32.2. The third kappa shape index (κ3) is 3.36. The lowest BCUT2D eigenvalue weighted by molar-refractivity contribution is -0.107. The van der Waals surface area contributed by atoms with E-state index < -0.39 is 10.0 Å². The second-order valence-corrected chi connectivity index (χ2v) is 5.03. The fraction of sp³-hybridized carbons (Fsp3) is 0.300. The monoisotopic (exact) mass is 227 g/mol. The number of carbonyl (C=O) groups is 1. The zero-order chi connectivity index (χ0) is 11.3. The molecule has 4 nitrogen and oxygen atoms in total. The van der Waals surface area contributed by atoms with E-state index in [1.54, 1.807) is 24.3 Å². The second-order valence-electron chi connectivity index (χ2n) is 3.13. The molecule has 0 aliphatic heterocycles. The number of carbonyl (C=O) groups excluding carboxylic acids is 1. The van der Waals surface area contributed by atoms with Crippen LogP contribution in [-0.4, -0.2) is 27.5 Å². The minimum Gasteiger partial charge on any atom is -0.303 e. The number of aldehydes is 1. The number of sulfonamides is 1. The van der Waals surface area contributed by atoms with Crippen LogP contribution < -0.4 is 4.31 Å². The Morgan fingerprint density at radius 2 is 1.87 bits per heavy atom. The summed E-state index contributed by atoms with van der Waals surface area (Å²) in [6.07, 6.45) is 2.04. The molecule has 0 amide bonds. The van der Waals surface area contributed by atoms with Crippen LogP contribution in [0.15, 0.2) is 30.3 Å². The molecule has 0 atom stereocenters. The Hall–Kier alpha value is -1.36. The average molecular weight is 227 g/mol. The van der Waals surface area contributed by atoms with Gasteiger partial charge in [0.1, 0.15) is 6.29 Å². The third-order valence-electron chi connectivity index (χ3n) is 1.89. The zero-order valence-electron chi connectivity index (χ0n) is 8.46. The van der Waals surface area contributed by atoms with E-state index in [2.05, 4.69) is 0 Å². The van der Waals surface area contributed by atoms with Gasteiger partial charge in [0, 0.05) is 13.0 Å². The van der Waals surface area contributed by atoms with E-state index in [4.69, 9.17) is 0 Å². The summed E-state index contributed by atoms with van der Waals surface area (Å²) in [5.41, 5.74) is 0.585. The van der Waals surface area contributed by atoms with Crippen LogP contribution in [0.3, 0.4) is 0 Å². The fourth-order valence-corrected chi connectivity index (χ4v) is 2.19. The number of anilines is 1. The van der Waals surface area contributed by atoms with Crippen LogP contribution in [0.5, 0.6) is 0 Å². The van der Waals surface area contributed by atoms with E-state index in [-0.39, 0.29) is 13.0 Å². The molecule has 1 rings (SSSR count). The number of rotatable bonds is 5. The highest BCUT2D eigenvalue weighted by Gasteiger charge is 2.15. The first-order valence-corrected chi connectivity index (χ1v) is 6.37. The minimum atomic E-state index is -3.32. The molecular formula is C10H13NO3S. The molecule has 0 saturated heterocycles. The first-order chi connectivity index (χ1) is 7.05. The fourth-order valence-electron chi connectivity index (χ4n) is 1.25. The van der Waals surface area contributed by atoms with Gasteiger partial charge < -0.3 is 4.79 Å². The van der Waals surface area contributed by atoms with Crippen molar-refractivity contribution in [3.63, 3.8) is 0 Å². The summed E-state index contributed by atoms with van der Waals surface area (Å²) >= 11 is 0. The maximum absolute atomic E-state index is 11.4. The van der Waals surface area contributed by atoms with Crippen molar-refractivity contribution in [2.45, 2.75) is 6.42 Å². The molecule has 0 bridgehead atoms. The van der Waals surface area contributed by atoms with Crippen LogP contribution in [0.4, 0.5) is 5.69 Å². The Balaban J connectivity index is 2.97. The number of nitrogens with zero attached hydrogens (tertiary/aromatic N) is 1. The van der Waals surface area contributed by atoms with Crippen molar-refractivity contribution in [1.82, 2.24) is 0 Å². The van der Waals surface area contributed by atoms with Crippen LogP contribution in [0, 0.1) is 0 Å². The van der Waals surface area contributed by atoms with Gasteiger partial charge >= 0.3 is 0 Å². The lowest BCUT2D eigenvalue weighted by atomic mass is 10.3. The highest BCUT2D eigenvalue weighted by Crippen LogP contribution is 2.16. The van der Waals surface area contributed by atoms with E-state index in [1.807, 2.05) is 6.07 Å². The van der Waals surface area contributed by atoms with E-state index in [9.17, 15) is 13.2 Å². The van der Waals surface area contributed by atoms with Crippen LogP contribution in [-0.2, 0) is 14.8 Å². The summed E-state index contributed by atoms with van der Waals surface area (Å²) in [5.74, 6) is 0.